The van der Waals surface area contributed by atoms with Crippen molar-refractivity contribution >= 4 is 5.97 Å². The minimum Gasteiger partial charge on any atom is -0.481 e. The van der Waals surface area contributed by atoms with Crippen molar-refractivity contribution in [3.8, 4) is 0 Å². The quantitative estimate of drug-likeness (QED) is 0.875. The van der Waals surface area contributed by atoms with E-state index in [1.165, 1.54) is 16.8 Å². The van der Waals surface area contributed by atoms with Gasteiger partial charge < -0.3 is 10.4 Å². The first-order valence-electron chi connectivity index (χ1n) is 7.28. The van der Waals surface area contributed by atoms with Gasteiger partial charge in [-0.1, -0.05) is 30.3 Å². The number of carboxylic acids is 1. The van der Waals surface area contributed by atoms with Crippen LogP contribution in [0.1, 0.15) is 28.9 Å². The summed E-state index contributed by atoms with van der Waals surface area (Å²) in [7, 11) is 0. The molecule has 2 aromatic rings. The zero-order valence-electron chi connectivity index (χ0n) is 11.9. The molecule has 0 amide bonds. The van der Waals surface area contributed by atoms with Crippen molar-refractivity contribution in [1.29, 1.82) is 0 Å². The lowest BCUT2D eigenvalue weighted by Gasteiger charge is -2.15. The Bertz CT molecular complexity index is 634. The van der Waals surface area contributed by atoms with Crippen LogP contribution in [0.5, 0.6) is 0 Å². The van der Waals surface area contributed by atoms with Crippen molar-refractivity contribution < 1.29 is 9.90 Å². The molecule has 0 radical (unpaired) electrons. The number of fused-ring (bicyclic) bond motifs is 1. The van der Waals surface area contributed by atoms with Gasteiger partial charge in [0.25, 0.3) is 0 Å². The first kappa shape index (κ1) is 13.8. The Morgan fingerprint density at radius 3 is 2.90 bits per heavy atom. The van der Waals surface area contributed by atoms with Crippen LogP contribution in [-0.4, -0.2) is 27.4 Å². The van der Waals surface area contributed by atoms with E-state index in [2.05, 4.69) is 22.5 Å². The normalized spacial score (nSPS) is 13.9. The van der Waals surface area contributed by atoms with E-state index in [1.807, 2.05) is 22.9 Å². The Kier molecular flexibility index (Phi) is 4.01. The zero-order valence-corrected chi connectivity index (χ0v) is 11.9. The summed E-state index contributed by atoms with van der Waals surface area (Å²) >= 11 is 0. The first-order chi connectivity index (χ1) is 10.2. The molecular formula is C16H19N3O2. The third-order valence-corrected chi connectivity index (χ3v) is 3.84. The Morgan fingerprint density at radius 2 is 2.14 bits per heavy atom. The topological polar surface area (TPSA) is 67.1 Å². The van der Waals surface area contributed by atoms with Crippen LogP contribution in [0.4, 0.5) is 0 Å². The second-order valence-corrected chi connectivity index (χ2v) is 5.33. The molecule has 5 nitrogen and oxygen atoms in total. The van der Waals surface area contributed by atoms with Crippen molar-refractivity contribution in [3.63, 3.8) is 0 Å². The monoisotopic (exact) mass is 285 g/mol. The van der Waals surface area contributed by atoms with Crippen molar-refractivity contribution in [1.82, 2.24) is 15.1 Å². The maximum Gasteiger partial charge on any atom is 0.305 e. The second-order valence-electron chi connectivity index (χ2n) is 5.33. The molecule has 0 saturated heterocycles. The average Bonchev–Trinajstić information content (AvgIpc) is 2.85. The Morgan fingerprint density at radius 1 is 1.33 bits per heavy atom. The van der Waals surface area contributed by atoms with Gasteiger partial charge in [0, 0.05) is 37.2 Å². The lowest BCUT2D eigenvalue weighted by atomic mass is 10.0. The number of carboxylic acid groups (broad SMARTS) is 1. The fourth-order valence-corrected chi connectivity index (χ4v) is 2.81. The van der Waals surface area contributed by atoms with Gasteiger partial charge in [-0.2, -0.15) is 5.10 Å². The fourth-order valence-electron chi connectivity index (χ4n) is 2.81. The number of hydrogen-bond donors (Lipinski definition) is 2. The predicted octanol–water partition coefficient (Wildman–Crippen LogP) is 1.59. The maximum absolute atomic E-state index is 10.8. The van der Waals surface area contributed by atoms with E-state index in [9.17, 15) is 4.79 Å². The highest BCUT2D eigenvalue weighted by atomic mass is 16.4. The summed E-state index contributed by atoms with van der Waals surface area (Å²) in [6.07, 6.45) is 1.83. The van der Waals surface area contributed by atoms with Gasteiger partial charge in [-0.25, -0.2) is 0 Å². The van der Waals surface area contributed by atoms with Crippen LogP contribution < -0.4 is 5.32 Å². The molecule has 3 rings (SSSR count). The van der Waals surface area contributed by atoms with E-state index >= 15 is 0 Å². The Labute approximate surface area is 123 Å². The van der Waals surface area contributed by atoms with Gasteiger partial charge in [-0.05, 0) is 5.56 Å². The Balaban J connectivity index is 1.87. The van der Waals surface area contributed by atoms with E-state index < -0.39 is 5.97 Å². The molecule has 0 spiro atoms. The molecule has 0 saturated carbocycles. The van der Waals surface area contributed by atoms with Crippen LogP contribution >= 0.6 is 0 Å². The third kappa shape index (κ3) is 3.13. The number of benzene rings is 1. The molecule has 5 heteroatoms. The highest BCUT2D eigenvalue weighted by molar-refractivity contribution is 5.66. The number of nitrogens with one attached hydrogen (secondary N) is 1. The maximum atomic E-state index is 10.8. The SMILES string of the molecule is O=C(O)CCn1nc(Cc2ccccc2)c2c1CCNC2. The van der Waals surface area contributed by atoms with Crippen LogP contribution in [0, 0.1) is 0 Å². The molecule has 0 fully saturated rings. The highest BCUT2D eigenvalue weighted by Gasteiger charge is 2.20. The molecule has 0 bridgehead atoms. The number of aryl methyl sites for hydroxylation is 1. The molecule has 0 atom stereocenters. The van der Waals surface area contributed by atoms with Crippen molar-refractivity contribution in [3.05, 3.63) is 52.8 Å². The average molecular weight is 285 g/mol. The van der Waals surface area contributed by atoms with E-state index in [4.69, 9.17) is 5.11 Å². The molecule has 21 heavy (non-hydrogen) atoms. The van der Waals surface area contributed by atoms with Gasteiger partial charge in [0.1, 0.15) is 0 Å². The van der Waals surface area contributed by atoms with Crippen molar-refractivity contribution in [2.45, 2.75) is 32.4 Å². The number of rotatable bonds is 5. The van der Waals surface area contributed by atoms with Crippen LogP contribution in [-0.2, 0) is 30.7 Å². The van der Waals surface area contributed by atoms with E-state index in [1.54, 1.807) is 0 Å². The standard InChI is InChI=1S/C16H19N3O2/c20-16(21)7-9-19-15-6-8-17-11-13(15)14(18-19)10-12-4-2-1-3-5-12/h1-5,17H,6-11H2,(H,20,21). The number of aliphatic carboxylic acids is 1. The second kappa shape index (κ2) is 6.10. The third-order valence-electron chi connectivity index (χ3n) is 3.84. The molecule has 1 aliphatic rings. The van der Waals surface area contributed by atoms with Gasteiger partial charge in [-0.3, -0.25) is 9.48 Å². The molecular weight excluding hydrogens is 266 g/mol. The van der Waals surface area contributed by atoms with Gasteiger partial charge in [0.05, 0.1) is 18.7 Å². The van der Waals surface area contributed by atoms with Crippen LogP contribution in [0.25, 0.3) is 0 Å². The molecule has 2 heterocycles. The minimum atomic E-state index is -0.780. The lowest BCUT2D eigenvalue weighted by Crippen LogP contribution is -2.25. The number of nitrogens with zero attached hydrogens (tertiary/aromatic N) is 2. The summed E-state index contributed by atoms with van der Waals surface area (Å²) in [6, 6.07) is 10.3. The smallest absolute Gasteiger partial charge is 0.305 e. The number of hydrogen-bond acceptors (Lipinski definition) is 3. The summed E-state index contributed by atoms with van der Waals surface area (Å²) in [5, 5.41) is 16.9. The molecule has 2 N–H and O–H groups in total. The van der Waals surface area contributed by atoms with Crippen molar-refractivity contribution in [2.75, 3.05) is 6.54 Å². The molecule has 1 aliphatic heterocycles. The molecule has 0 aliphatic carbocycles. The molecule has 0 unspecified atom stereocenters. The van der Waals surface area contributed by atoms with Gasteiger partial charge in [0.15, 0.2) is 0 Å². The molecule has 1 aromatic heterocycles. The predicted molar refractivity (Wildman–Crippen MR) is 79.1 cm³/mol. The number of carbonyl (C=O) groups is 1. The fraction of sp³-hybridized carbons (Fsp3) is 0.375. The summed E-state index contributed by atoms with van der Waals surface area (Å²) in [5.74, 6) is -0.780. The van der Waals surface area contributed by atoms with Crippen molar-refractivity contribution in [2.24, 2.45) is 0 Å². The minimum absolute atomic E-state index is 0.117. The Hall–Kier alpha value is -2.14. The summed E-state index contributed by atoms with van der Waals surface area (Å²) in [5.41, 5.74) is 4.74. The van der Waals surface area contributed by atoms with E-state index in [-0.39, 0.29) is 6.42 Å². The van der Waals surface area contributed by atoms with Crippen LogP contribution in [0.3, 0.4) is 0 Å². The highest BCUT2D eigenvalue weighted by Crippen LogP contribution is 2.21. The summed E-state index contributed by atoms with van der Waals surface area (Å²) in [4.78, 5) is 10.8. The van der Waals surface area contributed by atoms with E-state index in [0.717, 1.165) is 31.6 Å². The van der Waals surface area contributed by atoms with Crippen LogP contribution in [0.15, 0.2) is 30.3 Å². The van der Waals surface area contributed by atoms with Crippen LogP contribution in [0.2, 0.25) is 0 Å². The lowest BCUT2D eigenvalue weighted by molar-refractivity contribution is -0.137. The molecule has 1 aromatic carbocycles. The van der Waals surface area contributed by atoms with Gasteiger partial charge >= 0.3 is 5.97 Å². The number of aromatic nitrogens is 2. The van der Waals surface area contributed by atoms with E-state index in [0.29, 0.717) is 6.54 Å². The molecule has 110 valence electrons. The zero-order chi connectivity index (χ0) is 14.7. The summed E-state index contributed by atoms with van der Waals surface area (Å²) in [6.45, 7) is 2.20. The first-order valence-corrected chi connectivity index (χ1v) is 7.28. The van der Waals surface area contributed by atoms with Gasteiger partial charge in [-0.15, -0.1) is 0 Å². The van der Waals surface area contributed by atoms with Gasteiger partial charge in [0.2, 0.25) is 0 Å². The summed E-state index contributed by atoms with van der Waals surface area (Å²) < 4.78 is 1.89. The largest absolute Gasteiger partial charge is 0.481 e.